The van der Waals surface area contributed by atoms with Crippen LogP contribution in [0.5, 0.6) is 5.75 Å². The van der Waals surface area contributed by atoms with E-state index >= 15 is 0 Å². The van der Waals surface area contributed by atoms with Crippen LogP contribution in [0.2, 0.25) is 10.0 Å². The summed E-state index contributed by atoms with van der Waals surface area (Å²) < 4.78 is 42.0. The number of hydrogen-bond donors (Lipinski definition) is 2. The van der Waals surface area contributed by atoms with Crippen molar-refractivity contribution in [1.82, 2.24) is 5.32 Å². The van der Waals surface area contributed by atoms with E-state index in [1.807, 2.05) is 0 Å². The first kappa shape index (κ1) is 21.8. The number of carbonyl (C=O) groups excluding carboxylic acids is 2. The average Bonchev–Trinajstić information content (AvgIpc) is 2.60. The molecule has 0 aliphatic carbocycles. The summed E-state index contributed by atoms with van der Waals surface area (Å²) in [5.41, 5.74) is 0.868. The van der Waals surface area contributed by atoms with Gasteiger partial charge in [0.05, 0.1) is 5.02 Å². The van der Waals surface area contributed by atoms with Gasteiger partial charge in [0.15, 0.2) is 6.61 Å². The molecule has 0 atom stereocenters. The quantitative estimate of drug-likeness (QED) is 0.697. The summed E-state index contributed by atoms with van der Waals surface area (Å²) in [5.74, 6) is -1.18. The number of alkyl halides is 3. The molecule has 2 aromatic carbocycles. The number of ether oxygens (including phenoxy) is 1. The molecule has 0 bridgehead atoms. The van der Waals surface area contributed by atoms with Gasteiger partial charge in [-0.15, -0.1) is 0 Å². The standard InChI is InChI=1S/C18H15Cl2F3N2O3/c1-10-2-3-11(17(27)24-9-18(21,22)23)6-14(10)25-16(26)8-28-15-5-4-12(19)7-13(15)20/h2-7H,8-9H2,1H3,(H,24,27)(H,25,26). The maximum absolute atomic E-state index is 12.2. The predicted octanol–water partition coefficient (Wildman–Crippen LogP) is 4.61. The number of anilines is 1. The zero-order chi connectivity index (χ0) is 20.9. The number of halogens is 5. The Labute approximate surface area is 168 Å². The zero-order valence-electron chi connectivity index (χ0n) is 14.5. The number of nitrogens with one attached hydrogen (secondary N) is 2. The minimum Gasteiger partial charge on any atom is -0.482 e. The topological polar surface area (TPSA) is 67.4 Å². The molecule has 0 aliphatic heterocycles. The second-order valence-electron chi connectivity index (χ2n) is 5.74. The Morgan fingerprint density at radius 1 is 1.11 bits per heavy atom. The minimum atomic E-state index is -4.52. The van der Waals surface area contributed by atoms with Crippen LogP contribution in [0.15, 0.2) is 36.4 Å². The van der Waals surface area contributed by atoms with Crippen molar-refractivity contribution in [1.29, 1.82) is 0 Å². The van der Waals surface area contributed by atoms with E-state index in [0.717, 1.165) is 0 Å². The molecule has 0 saturated heterocycles. The van der Waals surface area contributed by atoms with E-state index in [4.69, 9.17) is 27.9 Å². The van der Waals surface area contributed by atoms with Gasteiger partial charge in [-0.25, -0.2) is 0 Å². The Hall–Kier alpha value is -2.45. The summed E-state index contributed by atoms with van der Waals surface area (Å²) in [6, 6.07) is 8.68. The Morgan fingerprint density at radius 3 is 2.46 bits per heavy atom. The lowest BCUT2D eigenvalue weighted by Crippen LogP contribution is -2.33. The number of benzene rings is 2. The largest absolute Gasteiger partial charge is 0.482 e. The molecule has 0 heterocycles. The lowest BCUT2D eigenvalue weighted by molar-refractivity contribution is -0.123. The molecule has 10 heteroatoms. The molecule has 2 rings (SSSR count). The molecular weight excluding hydrogens is 420 g/mol. The summed E-state index contributed by atoms with van der Waals surface area (Å²) in [6.45, 7) is -0.147. The van der Waals surface area contributed by atoms with E-state index in [1.54, 1.807) is 18.3 Å². The number of hydrogen-bond acceptors (Lipinski definition) is 3. The van der Waals surface area contributed by atoms with Crippen molar-refractivity contribution in [2.75, 3.05) is 18.5 Å². The van der Waals surface area contributed by atoms with Gasteiger partial charge in [-0.05, 0) is 42.8 Å². The summed E-state index contributed by atoms with van der Waals surface area (Å²) in [5, 5.41) is 4.96. The lowest BCUT2D eigenvalue weighted by Gasteiger charge is -2.13. The molecule has 2 aromatic rings. The van der Waals surface area contributed by atoms with Crippen molar-refractivity contribution >= 4 is 40.7 Å². The fraction of sp³-hybridized carbons (Fsp3) is 0.222. The zero-order valence-corrected chi connectivity index (χ0v) is 16.0. The van der Waals surface area contributed by atoms with Crippen molar-refractivity contribution in [3.05, 3.63) is 57.6 Å². The predicted molar refractivity (Wildman–Crippen MR) is 100 cm³/mol. The average molecular weight is 435 g/mol. The third-order valence-electron chi connectivity index (χ3n) is 3.48. The Kier molecular flexibility index (Phi) is 7.15. The summed E-state index contributed by atoms with van der Waals surface area (Å²) >= 11 is 11.7. The second kappa shape index (κ2) is 9.16. The fourth-order valence-corrected chi connectivity index (χ4v) is 2.57. The number of rotatable bonds is 6. The van der Waals surface area contributed by atoms with Crippen LogP contribution >= 0.6 is 23.2 Å². The van der Waals surface area contributed by atoms with Crippen molar-refractivity contribution in [3.63, 3.8) is 0 Å². The summed E-state index contributed by atoms with van der Waals surface area (Å²) in [6.07, 6.45) is -4.52. The van der Waals surface area contributed by atoms with Gasteiger partial charge in [-0.3, -0.25) is 9.59 Å². The van der Waals surface area contributed by atoms with Crippen LogP contribution in [-0.4, -0.2) is 31.1 Å². The van der Waals surface area contributed by atoms with E-state index in [9.17, 15) is 22.8 Å². The number of amides is 2. The van der Waals surface area contributed by atoms with E-state index in [0.29, 0.717) is 10.6 Å². The van der Waals surface area contributed by atoms with Crippen LogP contribution in [-0.2, 0) is 4.79 Å². The molecule has 0 unspecified atom stereocenters. The molecule has 5 nitrogen and oxygen atoms in total. The van der Waals surface area contributed by atoms with Crippen molar-refractivity contribution < 1.29 is 27.5 Å². The molecule has 28 heavy (non-hydrogen) atoms. The van der Waals surface area contributed by atoms with Crippen LogP contribution in [0.4, 0.5) is 18.9 Å². The smallest absolute Gasteiger partial charge is 0.405 e. The van der Waals surface area contributed by atoms with Gasteiger partial charge < -0.3 is 15.4 Å². The first-order valence-electron chi connectivity index (χ1n) is 7.88. The highest BCUT2D eigenvalue weighted by molar-refractivity contribution is 6.35. The van der Waals surface area contributed by atoms with Gasteiger partial charge >= 0.3 is 6.18 Å². The third kappa shape index (κ3) is 6.61. The van der Waals surface area contributed by atoms with Gasteiger partial charge in [0, 0.05) is 16.3 Å². The third-order valence-corrected chi connectivity index (χ3v) is 4.01. The van der Waals surface area contributed by atoms with Crippen LogP contribution in [0.3, 0.4) is 0 Å². The summed E-state index contributed by atoms with van der Waals surface area (Å²) in [4.78, 5) is 23.9. The fourth-order valence-electron chi connectivity index (χ4n) is 2.10. The van der Waals surface area contributed by atoms with Crippen LogP contribution in [0.25, 0.3) is 0 Å². The van der Waals surface area contributed by atoms with Gasteiger partial charge in [-0.2, -0.15) is 13.2 Å². The van der Waals surface area contributed by atoms with E-state index in [2.05, 4.69) is 5.32 Å². The van der Waals surface area contributed by atoms with E-state index in [1.165, 1.54) is 30.3 Å². The second-order valence-corrected chi connectivity index (χ2v) is 6.58. The van der Waals surface area contributed by atoms with Crippen LogP contribution in [0.1, 0.15) is 15.9 Å². The molecular formula is C18H15Cl2F3N2O3. The monoisotopic (exact) mass is 434 g/mol. The summed E-state index contributed by atoms with van der Waals surface area (Å²) in [7, 11) is 0. The minimum absolute atomic E-state index is 0.0215. The van der Waals surface area contributed by atoms with Gasteiger partial charge in [-0.1, -0.05) is 29.3 Å². The van der Waals surface area contributed by atoms with Crippen molar-refractivity contribution in [3.8, 4) is 5.75 Å². The SMILES string of the molecule is Cc1ccc(C(=O)NCC(F)(F)F)cc1NC(=O)COc1ccc(Cl)cc1Cl. The first-order chi connectivity index (χ1) is 13.0. The van der Waals surface area contributed by atoms with Gasteiger partial charge in [0.1, 0.15) is 12.3 Å². The van der Waals surface area contributed by atoms with E-state index in [-0.39, 0.29) is 28.6 Å². The Bertz CT molecular complexity index is 889. The van der Waals surface area contributed by atoms with Crippen LogP contribution < -0.4 is 15.4 Å². The molecule has 0 fully saturated rings. The van der Waals surface area contributed by atoms with E-state index < -0.39 is 24.5 Å². The molecule has 2 amide bonds. The highest BCUT2D eigenvalue weighted by Crippen LogP contribution is 2.27. The van der Waals surface area contributed by atoms with Gasteiger partial charge in [0.25, 0.3) is 11.8 Å². The van der Waals surface area contributed by atoms with Crippen molar-refractivity contribution in [2.45, 2.75) is 13.1 Å². The van der Waals surface area contributed by atoms with Gasteiger partial charge in [0.2, 0.25) is 0 Å². The van der Waals surface area contributed by atoms with Crippen molar-refractivity contribution in [2.24, 2.45) is 0 Å². The lowest BCUT2D eigenvalue weighted by atomic mass is 10.1. The maximum Gasteiger partial charge on any atom is 0.405 e. The van der Waals surface area contributed by atoms with Crippen LogP contribution in [0, 0.1) is 6.92 Å². The molecule has 0 spiro atoms. The molecule has 2 N–H and O–H groups in total. The Morgan fingerprint density at radius 2 is 1.82 bits per heavy atom. The molecule has 0 aliphatic rings. The highest BCUT2D eigenvalue weighted by Gasteiger charge is 2.28. The maximum atomic E-state index is 12.2. The molecule has 150 valence electrons. The molecule has 0 radical (unpaired) electrons. The first-order valence-corrected chi connectivity index (χ1v) is 8.64. The molecule has 0 saturated carbocycles. The number of carbonyl (C=O) groups is 2. The Balaban J connectivity index is 2.00. The normalized spacial score (nSPS) is 11.1. The molecule has 0 aromatic heterocycles. The number of aryl methyl sites for hydroxylation is 1. The highest BCUT2D eigenvalue weighted by atomic mass is 35.5.